The highest BCUT2D eigenvalue weighted by Crippen LogP contribution is 2.22. The van der Waals surface area contributed by atoms with Gasteiger partial charge in [0.1, 0.15) is 0 Å². The van der Waals surface area contributed by atoms with E-state index >= 15 is 0 Å². The number of anilines is 2. The normalized spacial score (nSPS) is 17.6. The number of nitrogens with zero attached hydrogens (tertiary/aromatic N) is 2. The molecule has 1 saturated heterocycles. The maximum absolute atomic E-state index is 8.77. The van der Waals surface area contributed by atoms with Crippen LogP contribution in [-0.2, 0) is 0 Å². The number of nitrogen functional groups attached to an aromatic ring is 1. The van der Waals surface area contributed by atoms with Crippen LogP contribution >= 0.6 is 0 Å². The lowest BCUT2D eigenvalue weighted by Gasteiger charge is -2.30. The molecule has 4 heteroatoms. The molecular formula is C13H18N4. The van der Waals surface area contributed by atoms with Gasteiger partial charge in [0, 0.05) is 6.04 Å². The Bertz CT molecular complexity index is 428. The van der Waals surface area contributed by atoms with Crippen LogP contribution < -0.4 is 11.1 Å². The molecule has 0 aliphatic carbocycles. The summed E-state index contributed by atoms with van der Waals surface area (Å²) < 4.78 is 0. The molecule has 0 radical (unpaired) electrons. The zero-order valence-electron chi connectivity index (χ0n) is 10.1. The minimum Gasteiger partial charge on any atom is -0.397 e. The average molecular weight is 230 g/mol. The Kier molecular flexibility index (Phi) is 3.50. The van der Waals surface area contributed by atoms with Crippen LogP contribution in [0.25, 0.3) is 0 Å². The van der Waals surface area contributed by atoms with Crippen LogP contribution in [0.2, 0.25) is 0 Å². The van der Waals surface area contributed by atoms with Crippen molar-refractivity contribution in [3.05, 3.63) is 23.8 Å². The van der Waals surface area contributed by atoms with Gasteiger partial charge >= 0.3 is 0 Å². The second-order valence-electron chi connectivity index (χ2n) is 4.64. The van der Waals surface area contributed by atoms with Gasteiger partial charge in [-0.25, -0.2) is 0 Å². The van der Waals surface area contributed by atoms with Crippen molar-refractivity contribution in [2.24, 2.45) is 0 Å². The topological polar surface area (TPSA) is 65.1 Å². The summed E-state index contributed by atoms with van der Waals surface area (Å²) in [6.07, 6.45) is 2.27. The first-order chi connectivity index (χ1) is 8.19. The van der Waals surface area contributed by atoms with Crippen molar-refractivity contribution in [3.63, 3.8) is 0 Å². The first-order valence-electron chi connectivity index (χ1n) is 5.94. The molecule has 0 bridgehead atoms. The van der Waals surface area contributed by atoms with Gasteiger partial charge in [-0.05, 0) is 51.2 Å². The monoisotopic (exact) mass is 230 g/mol. The first-order valence-corrected chi connectivity index (χ1v) is 5.94. The first kappa shape index (κ1) is 11.7. The Hall–Kier alpha value is -1.73. The number of nitrogens with one attached hydrogen (secondary N) is 1. The van der Waals surface area contributed by atoms with Gasteiger partial charge in [-0.3, -0.25) is 0 Å². The van der Waals surface area contributed by atoms with Crippen molar-refractivity contribution < 1.29 is 0 Å². The minimum atomic E-state index is 0.487. The molecule has 1 fully saturated rings. The number of nitrogens with two attached hydrogens (primary N) is 1. The van der Waals surface area contributed by atoms with Crippen LogP contribution in [0.4, 0.5) is 11.4 Å². The van der Waals surface area contributed by atoms with Crippen molar-refractivity contribution in [2.75, 3.05) is 31.2 Å². The lowest BCUT2D eigenvalue weighted by atomic mass is 10.0. The zero-order chi connectivity index (χ0) is 12.3. The molecule has 0 amide bonds. The quantitative estimate of drug-likeness (QED) is 0.758. The van der Waals surface area contributed by atoms with Crippen LogP contribution in [0.15, 0.2) is 18.2 Å². The molecule has 4 nitrogen and oxygen atoms in total. The summed E-state index contributed by atoms with van der Waals surface area (Å²) in [7, 11) is 2.15. The lowest BCUT2D eigenvalue weighted by molar-refractivity contribution is 0.264. The van der Waals surface area contributed by atoms with Gasteiger partial charge in [-0.1, -0.05) is 0 Å². The number of nitriles is 1. The highest BCUT2D eigenvalue weighted by Gasteiger charge is 2.16. The van der Waals surface area contributed by atoms with E-state index < -0.39 is 0 Å². The van der Waals surface area contributed by atoms with Gasteiger partial charge in [0.2, 0.25) is 0 Å². The molecule has 1 aliphatic rings. The molecule has 2 rings (SSSR count). The number of hydrogen-bond acceptors (Lipinski definition) is 4. The Morgan fingerprint density at radius 1 is 1.41 bits per heavy atom. The fraction of sp³-hybridized carbons (Fsp3) is 0.462. The van der Waals surface area contributed by atoms with Crippen molar-refractivity contribution in [2.45, 2.75) is 18.9 Å². The van der Waals surface area contributed by atoms with Crippen molar-refractivity contribution in [3.8, 4) is 6.07 Å². The summed E-state index contributed by atoms with van der Waals surface area (Å²) in [6.45, 7) is 2.24. The predicted octanol–water partition coefficient (Wildman–Crippen LogP) is 1.65. The predicted molar refractivity (Wildman–Crippen MR) is 69.7 cm³/mol. The van der Waals surface area contributed by atoms with E-state index in [4.69, 9.17) is 11.0 Å². The van der Waals surface area contributed by atoms with E-state index in [1.807, 2.05) is 6.07 Å². The van der Waals surface area contributed by atoms with Gasteiger partial charge in [-0.15, -0.1) is 0 Å². The highest BCUT2D eigenvalue weighted by atomic mass is 15.1. The average Bonchev–Trinajstić information content (AvgIpc) is 2.34. The molecule has 0 atom stereocenters. The van der Waals surface area contributed by atoms with Crippen LogP contribution in [0.5, 0.6) is 0 Å². The summed E-state index contributed by atoms with van der Waals surface area (Å²) in [5.74, 6) is 0. The van der Waals surface area contributed by atoms with Gasteiger partial charge < -0.3 is 16.0 Å². The molecule has 17 heavy (non-hydrogen) atoms. The van der Waals surface area contributed by atoms with Gasteiger partial charge in [-0.2, -0.15) is 5.26 Å². The number of hydrogen-bond donors (Lipinski definition) is 2. The van der Waals surface area contributed by atoms with Crippen LogP contribution in [-0.4, -0.2) is 31.1 Å². The third-order valence-corrected chi connectivity index (χ3v) is 3.26. The molecule has 1 heterocycles. The van der Waals surface area contributed by atoms with Gasteiger partial charge in [0.25, 0.3) is 0 Å². The Labute approximate surface area is 102 Å². The van der Waals surface area contributed by atoms with E-state index in [1.165, 1.54) is 0 Å². The largest absolute Gasteiger partial charge is 0.397 e. The summed E-state index contributed by atoms with van der Waals surface area (Å²) in [5.41, 5.74) is 8.12. The molecule has 1 aromatic carbocycles. The number of rotatable bonds is 2. The highest BCUT2D eigenvalue weighted by molar-refractivity contribution is 5.68. The minimum absolute atomic E-state index is 0.487. The summed E-state index contributed by atoms with van der Waals surface area (Å²) in [5, 5.41) is 12.2. The number of benzene rings is 1. The van der Waals surface area contributed by atoms with Crippen LogP contribution in [0, 0.1) is 11.3 Å². The molecule has 3 N–H and O–H groups in total. The third kappa shape index (κ3) is 2.89. The summed E-state index contributed by atoms with van der Waals surface area (Å²) >= 11 is 0. The van der Waals surface area contributed by atoms with Crippen molar-refractivity contribution in [1.82, 2.24) is 4.90 Å². The van der Waals surface area contributed by atoms with E-state index in [-0.39, 0.29) is 0 Å². The van der Waals surface area contributed by atoms with E-state index in [9.17, 15) is 0 Å². The second kappa shape index (κ2) is 5.07. The van der Waals surface area contributed by atoms with Crippen LogP contribution in [0.1, 0.15) is 18.4 Å². The van der Waals surface area contributed by atoms with E-state index in [1.54, 1.807) is 12.1 Å². The van der Waals surface area contributed by atoms with Crippen molar-refractivity contribution in [1.29, 1.82) is 5.26 Å². The molecule has 1 aliphatic heterocycles. The Morgan fingerprint density at radius 3 is 2.71 bits per heavy atom. The summed E-state index contributed by atoms with van der Waals surface area (Å²) in [6, 6.07) is 7.99. The van der Waals surface area contributed by atoms with E-state index in [2.05, 4.69) is 23.3 Å². The molecule has 0 spiro atoms. The maximum Gasteiger partial charge on any atom is 0.0992 e. The van der Waals surface area contributed by atoms with Crippen molar-refractivity contribution >= 4 is 11.4 Å². The number of likely N-dealkylation sites (tertiary alicyclic amines) is 1. The van der Waals surface area contributed by atoms with E-state index in [0.717, 1.165) is 31.6 Å². The standard InChI is InChI=1S/C13H18N4/c1-17-6-4-11(5-7-17)16-13-3-2-10(9-14)8-12(13)15/h2-3,8,11,16H,4-7,15H2,1H3. The molecule has 0 saturated carbocycles. The van der Waals surface area contributed by atoms with Gasteiger partial charge in [0.05, 0.1) is 23.0 Å². The second-order valence-corrected chi connectivity index (χ2v) is 4.64. The molecule has 1 aromatic rings. The molecule has 0 aromatic heterocycles. The fourth-order valence-corrected chi connectivity index (χ4v) is 2.14. The Morgan fingerprint density at radius 2 is 2.12 bits per heavy atom. The van der Waals surface area contributed by atoms with Crippen LogP contribution in [0.3, 0.4) is 0 Å². The zero-order valence-corrected chi connectivity index (χ0v) is 10.1. The maximum atomic E-state index is 8.77. The molecule has 0 unspecified atom stereocenters. The smallest absolute Gasteiger partial charge is 0.0992 e. The Balaban J connectivity index is 2.02. The van der Waals surface area contributed by atoms with E-state index in [0.29, 0.717) is 17.3 Å². The SMILES string of the molecule is CN1CCC(Nc2ccc(C#N)cc2N)CC1. The fourth-order valence-electron chi connectivity index (χ4n) is 2.14. The molecule has 90 valence electrons. The molecular weight excluding hydrogens is 212 g/mol. The lowest BCUT2D eigenvalue weighted by Crippen LogP contribution is -2.36. The number of piperidine rings is 1. The van der Waals surface area contributed by atoms with Gasteiger partial charge in [0.15, 0.2) is 0 Å². The third-order valence-electron chi connectivity index (χ3n) is 3.26. The summed E-state index contributed by atoms with van der Waals surface area (Å²) in [4.78, 5) is 2.33.